The Morgan fingerprint density at radius 1 is 0.548 bits per heavy atom. The van der Waals surface area contributed by atoms with Crippen LogP contribution in [-0.4, -0.2) is 0 Å². The van der Waals surface area contributed by atoms with E-state index in [1.165, 1.54) is 38.7 Å². The zero-order chi connectivity index (χ0) is 22.2. The second kappa shape index (κ2) is 7.89. The minimum atomic E-state index is 0.0835. The average molecular weight is 408 g/mol. The number of nitrogens with one attached hydrogen (secondary N) is 1. The Morgan fingerprint density at radius 2 is 1.19 bits per heavy atom. The van der Waals surface area contributed by atoms with Crippen LogP contribution in [0.5, 0.6) is 0 Å². The lowest BCUT2D eigenvalue weighted by Gasteiger charge is -2.24. The molecular weight excluding hydrogens is 374 g/mol. The Labute approximate surface area is 187 Å². The third-order valence-corrected chi connectivity index (χ3v) is 5.92. The predicted molar refractivity (Wildman–Crippen MR) is 137 cm³/mol. The largest absolute Gasteiger partial charge is 0.355 e. The second-order valence-electron chi connectivity index (χ2n) is 10.5. The fourth-order valence-electron chi connectivity index (χ4n) is 4.37. The molecule has 31 heavy (non-hydrogen) atoms. The van der Waals surface area contributed by atoms with E-state index in [0.717, 1.165) is 5.69 Å². The van der Waals surface area contributed by atoms with E-state index in [2.05, 4.69) is 132 Å². The lowest BCUT2D eigenvalue weighted by Crippen LogP contribution is -2.13. The van der Waals surface area contributed by atoms with Gasteiger partial charge in [0.25, 0.3) is 0 Å². The fourth-order valence-corrected chi connectivity index (χ4v) is 4.37. The number of para-hydroxylation sites is 1. The third kappa shape index (κ3) is 4.37. The summed E-state index contributed by atoms with van der Waals surface area (Å²) in [4.78, 5) is 0. The van der Waals surface area contributed by atoms with Crippen molar-refractivity contribution in [2.45, 2.75) is 52.4 Å². The Kier molecular flexibility index (Phi) is 5.39. The molecule has 1 heteroatoms. The van der Waals surface area contributed by atoms with Crippen LogP contribution in [0, 0.1) is 0 Å². The number of benzene rings is 4. The minimum absolute atomic E-state index is 0.0835. The summed E-state index contributed by atoms with van der Waals surface area (Å²) in [6.07, 6.45) is 0. The van der Waals surface area contributed by atoms with E-state index in [9.17, 15) is 0 Å². The van der Waals surface area contributed by atoms with Gasteiger partial charge in [-0.2, -0.15) is 0 Å². The van der Waals surface area contributed by atoms with Crippen LogP contribution in [0.4, 0.5) is 11.4 Å². The average Bonchev–Trinajstić information content (AvgIpc) is 2.72. The summed E-state index contributed by atoms with van der Waals surface area (Å²) in [5, 5.41) is 6.32. The van der Waals surface area contributed by atoms with Crippen molar-refractivity contribution in [3.05, 3.63) is 96.1 Å². The van der Waals surface area contributed by atoms with Crippen molar-refractivity contribution < 1.29 is 0 Å². The monoisotopic (exact) mass is 407 g/mol. The van der Waals surface area contributed by atoms with Gasteiger partial charge in [0.1, 0.15) is 0 Å². The van der Waals surface area contributed by atoms with E-state index in [0.29, 0.717) is 0 Å². The van der Waals surface area contributed by atoms with Crippen LogP contribution >= 0.6 is 0 Å². The molecule has 0 aliphatic heterocycles. The summed E-state index contributed by atoms with van der Waals surface area (Å²) < 4.78 is 0. The molecule has 4 aromatic carbocycles. The van der Waals surface area contributed by atoms with Crippen LogP contribution in [0.1, 0.15) is 52.7 Å². The molecule has 0 fully saturated rings. The Bertz CT molecular complexity index is 1220. The van der Waals surface area contributed by atoms with Gasteiger partial charge in [0, 0.05) is 11.4 Å². The summed E-state index contributed by atoms with van der Waals surface area (Å²) in [5.74, 6) is 0. The Hall–Kier alpha value is -3.06. The normalized spacial score (nSPS) is 12.2. The molecule has 4 rings (SSSR count). The van der Waals surface area contributed by atoms with Crippen LogP contribution in [0.3, 0.4) is 0 Å². The molecule has 0 bridgehead atoms. The van der Waals surface area contributed by atoms with Crippen molar-refractivity contribution in [3.63, 3.8) is 0 Å². The molecule has 0 atom stereocenters. The molecular formula is C30H33N. The number of anilines is 2. The summed E-state index contributed by atoms with van der Waals surface area (Å²) in [6, 6.07) is 30.7. The van der Waals surface area contributed by atoms with E-state index in [1.54, 1.807) is 0 Å². The molecule has 0 aliphatic carbocycles. The fraction of sp³-hybridized carbons (Fsp3) is 0.267. The van der Waals surface area contributed by atoms with Gasteiger partial charge in [-0.3, -0.25) is 0 Å². The van der Waals surface area contributed by atoms with E-state index < -0.39 is 0 Å². The van der Waals surface area contributed by atoms with Gasteiger partial charge in [-0.05, 0) is 62.1 Å². The first-order chi connectivity index (χ1) is 14.6. The van der Waals surface area contributed by atoms with Crippen LogP contribution in [0.25, 0.3) is 21.9 Å². The van der Waals surface area contributed by atoms with Crippen molar-refractivity contribution in [1.29, 1.82) is 0 Å². The van der Waals surface area contributed by atoms with Crippen LogP contribution in [0.15, 0.2) is 84.9 Å². The predicted octanol–water partition coefficient (Wildman–Crippen LogP) is 8.85. The second-order valence-corrected chi connectivity index (χ2v) is 10.5. The first kappa shape index (κ1) is 21.2. The van der Waals surface area contributed by atoms with Crippen LogP contribution < -0.4 is 5.32 Å². The van der Waals surface area contributed by atoms with E-state index in [4.69, 9.17) is 0 Å². The molecule has 0 heterocycles. The van der Waals surface area contributed by atoms with Crippen molar-refractivity contribution in [2.75, 3.05) is 5.32 Å². The summed E-state index contributed by atoms with van der Waals surface area (Å²) in [6.45, 7) is 13.6. The van der Waals surface area contributed by atoms with Gasteiger partial charge < -0.3 is 5.32 Å². The highest BCUT2D eigenvalue weighted by Crippen LogP contribution is 2.37. The van der Waals surface area contributed by atoms with Gasteiger partial charge >= 0.3 is 0 Å². The highest BCUT2D eigenvalue weighted by atomic mass is 14.9. The van der Waals surface area contributed by atoms with Gasteiger partial charge in [-0.25, -0.2) is 0 Å². The Balaban J connectivity index is 1.78. The summed E-state index contributed by atoms with van der Waals surface area (Å²) in [5.41, 5.74) is 7.68. The molecule has 1 nitrogen and oxygen atoms in total. The topological polar surface area (TPSA) is 12.0 Å². The van der Waals surface area contributed by atoms with Crippen molar-refractivity contribution >= 4 is 22.1 Å². The Morgan fingerprint density at radius 3 is 1.90 bits per heavy atom. The van der Waals surface area contributed by atoms with E-state index >= 15 is 0 Å². The van der Waals surface area contributed by atoms with Gasteiger partial charge in [0.05, 0.1) is 0 Å². The smallest absolute Gasteiger partial charge is 0.0422 e. The molecule has 0 spiro atoms. The van der Waals surface area contributed by atoms with Crippen LogP contribution in [0.2, 0.25) is 0 Å². The van der Waals surface area contributed by atoms with Gasteiger partial charge in [0.15, 0.2) is 0 Å². The quantitative estimate of drug-likeness (QED) is 0.357. The molecule has 4 aromatic rings. The van der Waals surface area contributed by atoms with Gasteiger partial charge in [-0.15, -0.1) is 0 Å². The van der Waals surface area contributed by atoms with Gasteiger partial charge in [0.2, 0.25) is 0 Å². The SMILES string of the molecule is CC(C)(C)c1ccccc1Nc1cccc(-c2ccc(C(C)(C)C)c3ccccc23)c1. The number of hydrogen-bond acceptors (Lipinski definition) is 1. The number of fused-ring (bicyclic) bond motifs is 1. The van der Waals surface area contributed by atoms with Crippen LogP contribution in [-0.2, 0) is 10.8 Å². The molecule has 0 saturated carbocycles. The number of hydrogen-bond donors (Lipinski definition) is 1. The maximum absolute atomic E-state index is 3.67. The lowest BCUT2D eigenvalue weighted by molar-refractivity contribution is 0.592. The van der Waals surface area contributed by atoms with Gasteiger partial charge in [-0.1, -0.05) is 108 Å². The van der Waals surface area contributed by atoms with E-state index in [1.807, 2.05) is 0 Å². The molecule has 0 aliphatic rings. The lowest BCUT2D eigenvalue weighted by atomic mass is 9.82. The van der Waals surface area contributed by atoms with Crippen molar-refractivity contribution in [1.82, 2.24) is 0 Å². The molecule has 0 amide bonds. The van der Waals surface area contributed by atoms with Crippen molar-refractivity contribution in [2.24, 2.45) is 0 Å². The van der Waals surface area contributed by atoms with Crippen molar-refractivity contribution in [3.8, 4) is 11.1 Å². The minimum Gasteiger partial charge on any atom is -0.355 e. The number of rotatable bonds is 3. The molecule has 158 valence electrons. The highest BCUT2D eigenvalue weighted by Gasteiger charge is 2.19. The molecule has 0 radical (unpaired) electrons. The third-order valence-electron chi connectivity index (χ3n) is 5.92. The molecule has 1 N–H and O–H groups in total. The highest BCUT2D eigenvalue weighted by molar-refractivity contribution is 5.99. The van der Waals surface area contributed by atoms with E-state index in [-0.39, 0.29) is 10.8 Å². The zero-order valence-corrected chi connectivity index (χ0v) is 19.6. The zero-order valence-electron chi connectivity index (χ0n) is 19.6. The maximum atomic E-state index is 3.67. The first-order valence-corrected chi connectivity index (χ1v) is 11.1. The summed E-state index contributed by atoms with van der Waals surface area (Å²) >= 11 is 0. The maximum Gasteiger partial charge on any atom is 0.0422 e. The first-order valence-electron chi connectivity index (χ1n) is 11.1. The molecule has 0 unspecified atom stereocenters. The standard InChI is InChI=1S/C30H33N/c1-29(2,3)26-19-18-23(24-14-7-8-15-25(24)26)21-12-11-13-22(20-21)31-28-17-10-9-16-27(28)30(4,5)6/h7-20,31H,1-6H3. The molecule has 0 aromatic heterocycles. The summed E-state index contributed by atoms with van der Waals surface area (Å²) in [7, 11) is 0. The molecule has 0 saturated heterocycles.